The van der Waals surface area contributed by atoms with Crippen molar-refractivity contribution in [2.24, 2.45) is 11.3 Å². The number of hydrogen-bond donors (Lipinski definition) is 0. The molecule has 0 radical (unpaired) electrons. The van der Waals surface area contributed by atoms with Crippen LogP contribution in [0.3, 0.4) is 0 Å². The first kappa shape index (κ1) is 23.0. The van der Waals surface area contributed by atoms with Crippen LogP contribution in [0.15, 0.2) is 0 Å². The first-order valence-corrected chi connectivity index (χ1v) is 11.0. The largest absolute Gasteiger partial charge is 0.0654 e. The summed E-state index contributed by atoms with van der Waals surface area (Å²) < 4.78 is 0. The van der Waals surface area contributed by atoms with Crippen molar-refractivity contribution in [2.45, 2.75) is 137 Å². The normalized spacial score (nSPS) is 13.4. The Labute approximate surface area is 149 Å². The minimum atomic E-state index is 0.518. The summed E-state index contributed by atoms with van der Waals surface area (Å²) in [7, 11) is 0. The molecule has 0 aromatic rings. The van der Waals surface area contributed by atoms with Crippen LogP contribution in [0.4, 0.5) is 0 Å². The molecule has 0 fully saturated rings. The van der Waals surface area contributed by atoms with Crippen LogP contribution in [-0.2, 0) is 0 Å². The lowest BCUT2D eigenvalue weighted by Crippen LogP contribution is -2.07. The smallest absolute Gasteiger partial charge is 0.0383 e. The summed E-state index contributed by atoms with van der Waals surface area (Å²) in [6.45, 7) is 11.8. The molecule has 0 rings (SSSR count). The maximum atomic E-state index is 2.45. The van der Waals surface area contributed by atoms with Gasteiger partial charge in [-0.25, -0.2) is 0 Å². The molecule has 140 valence electrons. The predicted molar refractivity (Wildman–Crippen MR) is 108 cm³/mol. The van der Waals surface area contributed by atoms with Gasteiger partial charge in [0, 0.05) is 0 Å². The molecule has 0 spiro atoms. The van der Waals surface area contributed by atoms with Crippen LogP contribution in [0.1, 0.15) is 137 Å². The zero-order chi connectivity index (χ0) is 17.4. The molecular formula is C23H48. The Morgan fingerprint density at radius 1 is 0.565 bits per heavy atom. The molecule has 0 amide bonds. The highest BCUT2D eigenvalue weighted by molar-refractivity contribution is 4.64. The van der Waals surface area contributed by atoms with E-state index in [0.29, 0.717) is 5.41 Å². The topological polar surface area (TPSA) is 0 Å². The van der Waals surface area contributed by atoms with Crippen molar-refractivity contribution in [1.29, 1.82) is 0 Å². The average molecular weight is 325 g/mol. The third-order valence-electron chi connectivity index (χ3n) is 5.19. The molecule has 1 atom stereocenters. The molecule has 0 bridgehead atoms. The SMILES string of the molecule is CCCCCCCCCCCCCCCC(C)CCC(C)(C)C. The van der Waals surface area contributed by atoms with Crippen LogP contribution < -0.4 is 0 Å². The van der Waals surface area contributed by atoms with Crippen molar-refractivity contribution < 1.29 is 0 Å². The number of unbranched alkanes of at least 4 members (excludes halogenated alkanes) is 12. The Bertz CT molecular complexity index is 223. The minimum absolute atomic E-state index is 0.518. The maximum Gasteiger partial charge on any atom is -0.0383 e. The van der Waals surface area contributed by atoms with Crippen LogP contribution in [-0.4, -0.2) is 0 Å². The van der Waals surface area contributed by atoms with E-state index < -0.39 is 0 Å². The Morgan fingerprint density at radius 2 is 0.957 bits per heavy atom. The number of hydrogen-bond acceptors (Lipinski definition) is 0. The second-order valence-corrected chi connectivity index (χ2v) is 9.24. The van der Waals surface area contributed by atoms with E-state index in [-0.39, 0.29) is 0 Å². The summed E-state index contributed by atoms with van der Waals surface area (Å²) in [5.41, 5.74) is 0.518. The Balaban J connectivity index is 3.15. The molecular weight excluding hydrogens is 276 g/mol. The molecule has 0 aromatic carbocycles. The Kier molecular flexibility index (Phi) is 15.5. The standard InChI is InChI=1S/C23H48/c1-6-7-8-9-10-11-12-13-14-15-16-17-18-19-22(2)20-21-23(3,4)5/h22H,6-21H2,1-5H3. The van der Waals surface area contributed by atoms with E-state index in [1.165, 1.54) is 103 Å². The van der Waals surface area contributed by atoms with Crippen LogP contribution in [0.25, 0.3) is 0 Å². The molecule has 0 aliphatic carbocycles. The van der Waals surface area contributed by atoms with Gasteiger partial charge in [-0.3, -0.25) is 0 Å². The summed E-state index contributed by atoms with van der Waals surface area (Å²) in [6, 6.07) is 0. The van der Waals surface area contributed by atoms with E-state index in [9.17, 15) is 0 Å². The van der Waals surface area contributed by atoms with Gasteiger partial charge in [0.05, 0.1) is 0 Å². The lowest BCUT2D eigenvalue weighted by molar-refractivity contribution is 0.319. The van der Waals surface area contributed by atoms with Crippen molar-refractivity contribution in [1.82, 2.24) is 0 Å². The third-order valence-corrected chi connectivity index (χ3v) is 5.19. The molecule has 0 aromatic heterocycles. The van der Waals surface area contributed by atoms with Gasteiger partial charge in [-0.1, -0.05) is 131 Å². The molecule has 0 saturated carbocycles. The molecule has 0 aliphatic rings. The third kappa shape index (κ3) is 20.0. The molecule has 0 heterocycles. The van der Waals surface area contributed by atoms with Crippen molar-refractivity contribution in [2.75, 3.05) is 0 Å². The molecule has 0 N–H and O–H groups in total. The fourth-order valence-corrected chi connectivity index (χ4v) is 3.33. The van der Waals surface area contributed by atoms with Crippen LogP contribution in [0, 0.1) is 11.3 Å². The second kappa shape index (κ2) is 15.5. The van der Waals surface area contributed by atoms with Crippen molar-refractivity contribution in [3.8, 4) is 0 Å². The van der Waals surface area contributed by atoms with Gasteiger partial charge in [0.15, 0.2) is 0 Å². The first-order chi connectivity index (χ1) is 11.0. The molecule has 23 heavy (non-hydrogen) atoms. The summed E-state index contributed by atoms with van der Waals surface area (Å²) in [6.07, 6.45) is 23.3. The maximum absolute atomic E-state index is 2.45. The van der Waals surface area contributed by atoms with E-state index in [1.807, 2.05) is 0 Å². The van der Waals surface area contributed by atoms with Crippen LogP contribution in [0.2, 0.25) is 0 Å². The molecule has 0 heteroatoms. The zero-order valence-corrected chi connectivity index (χ0v) is 17.4. The van der Waals surface area contributed by atoms with E-state index in [2.05, 4.69) is 34.6 Å². The fourth-order valence-electron chi connectivity index (χ4n) is 3.33. The van der Waals surface area contributed by atoms with E-state index >= 15 is 0 Å². The highest BCUT2D eigenvalue weighted by Crippen LogP contribution is 2.25. The average Bonchev–Trinajstić information content (AvgIpc) is 2.49. The molecule has 0 aliphatic heterocycles. The molecule has 0 nitrogen and oxygen atoms in total. The second-order valence-electron chi connectivity index (χ2n) is 9.24. The quantitative estimate of drug-likeness (QED) is 0.248. The van der Waals surface area contributed by atoms with Crippen LogP contribution >= 0.6 is 0 Å². The van der Waals surface area contributed by atoms with Gasteiger partial charge in [-0.2, -0.15) is 0 Å². The monoisotopic (exact) mass is 324 g/mol. The van der Waals surface area contributed by atoms with Gasteiger partial charge in [0.25, 0.3) is 0 Å². The summed E-state index contributed by atoms with van der Waals surface area (Å²) in [5.74, 6) is 0.932. The van der Waals surface area contributed by atoms with Gasteiger partial charge < -0.3 is 0 Å². The summed E-state index contributed by atoms with van der Waals surface area (Å²) in [5, 5.41) is 0. The van der Waals surface area contributed by atoms with Gasteiger partial charge in [0.1, 0.15) is 0 Å². The van der Waals surface area contributed by atoms with Crippen molar-refractivity contribution >= 4 is 0 Å². The van der Waals surface area contributed by atoms with Gasteiger partial charge >= 0.3 is 0 Å². The van der Waals surface area contributed by atoms with E-state index in [0.717, 1.165) is 5.92 Å². The minimum Gasteiger partial charge on any atom is -0.0654 e. The lowest BCUT2D eigenvalue weighted by atomic mass is 9.86. The summed E-state index contributed by atoms with van der Waals surface area (Å²) >= 11 is 0. The number of rotatable bonds is 16. The van der Waals surface area contributed by atoms with Crippen molar-refractivity contribution in [3.63, 3.8) is 0 Å². The highest BCUT2D eigenvalue weighted by Gasteiger charge is 2.12. The predicted octanol–water partition coefficient (Wildman–Crippen LogP) is 8.93. The highest BCUT2D eigenvalue weighted by atomic mass is 14.2. The van der Waals surface area contributed by atoms with E-state index in [4.69, 9.17) is 0 Å². The Hall–Kier alpha value is 0. The van der Waals surface area contributed by atoms with Gasteiger partial charge in [-0.15, -0.1) is 0 Å². The summed E-state index contributed by atoms with van der Waals surface area (Å²) in [4.78, 5) is 0. The zero-order valence-electron chi connectivity index (χ0n) is 17.4. The molecule has 1 unspecified atom stereocenters. The van der Waals surface area contributed by atoms with E-state index in [1.54, 1.807) is 0 Å². The van der Waals surface area contributed by atoms with Gasteiger partial charge in [0.2, 0.25) is 0 Å². The van der Waals surface area contributed by atoms with Gasteiger partial charge in [-0.05, 0) is 17.8 Å². The van der Waals surface area contributed by atoms with Crippen molar-refractivity contribution in [3.05, 3.63) is 0 Å². The first-order valence-electron chi connectivity index (χ1n) is 11.0. The van der Waals surface area contributed by atoms with Crippen LogP contribution in [0.5, 0.6) is 0 Å². The fraction of sp³-hybridized carbons (Fsp3) is 1.00. The lowest BCUT2D eigenvalue weighted by Gasteiger charge is -2.20. The Morgan fingerprint density at radius 3 is 1.35 bits per heavy atom. The molecule has 0 saturated heterocycles.